The van der Waals surface area contributed by atoms with E-state index in [1.54, 1.807) is 7.05 Å². The van der Waals surface area contributed by atoms with Crippen LogP contribution in [-0.4, -0.2) is 76.1 Å². The Morgan fingerprint density at radius 1 is 1.21 bits per heavy atom. The zero-order chi connectivity index (χ0) is 20.0. The third-order valence-electron chi connectivity index (χ3n) is 5.03. The van der Waals surface area contributed by atoms with Gasteiger partial charge in [0.1, 0.15) is 0 Å². The van der Waals surface area contributed by atoms with Gasteiger partial charge in [0, 0.05) is 51.5 Å². The van der Waals surface area contributed by atoms with Crippen LogP contribution in [0.3, 0.4) is 0 Å². The Balaban J connectivity index is 1.52. The van der Waals surface area contributed by atoms with Gasteiger partial charge in [-0.15, -0.1) is 0 Å². The van der Waals surface area contributed by atoms with E-state index < -0.39 is 12.7 Å². The fraction of sp³-hybridized carbons (Fsp3) is 0.632. The molecule has 2 saturated heterocycles. The second kappa shape index (κ2) is 9.47. The zero-order valence-electron chi connectivity index (χ0n) is 16.1. The number of likely N-dealkylation sites (tertiary alicyclic amines) is 1. The molecule has 6 nitrogen and oxygen atoms in total. The Bertz CT molecular complexity index is 661. The first kappa shape index (κ1) is 20.7. The zero-order valence-corrected chi connectivity index (χ0v) is 16.1. The summed E-state index contributed by atoms with van der Waals surface area (Å²) in [5.41, 5.74) is 2.32. The van der Waals surface area contributed by atoms with Crippen molar-refractivity contribution in [3.63, 3.8) is 0 Å². The second-order valence-corrected chi connectivity index (χ2v) is 7.13. The first-order valence-corrected chi connectivity index (χ1v) is 9.61. The molecule has 2 aliphatic heterocycles. The van der Waals surface area contributed by atoms with Gasteiger partial charge in [0.05, 0.1) is 19.8 Å². The number of benzene rings is 1. The lowest BCUT2D eigenvalue weighted by Crippen LogP contribution is -2.45. The first-order chi connectivity index (χ1) is 13.4. The molecule has 1 atom stereocenters. The number of aliphatic imine (C=N–C) groups is 1. The lowest BCUT2D eigenvalue weighted by molar-refractivity contribution is -0.143. The quantitative estimate of drug-likeness (QED) is 0.585. The highest BCUT2D eigenvalue weighted by atomic mass is 19.4. The predicted octanol–water partition coefficient (Wildman–Crippen LogP) is 1.82. The number of morpholine rings is 1. The third-order valence-corrected chi connectivity index (χ3v) is 5.03. The molecule has 0 aromatic heterocycles. The van der Waals surface area contributed by atoms with Gasteiger partial charge in [-0.1, -0.05) is 18.2 Å². The SMILES string of the molecule is CN=C(NCc1ccccc1N1CCOCC1)NC1CCN(CC(F)(F)F)C1. The van der Waals surface area contributed by atoms with Crippen LogP contribution in [0.15, 0.2) is 29.3 Å². The maximum Gasteiger partial charge on any atom is 0.401 e. The summed E-state index contributed by atoms with van der Waals surface area (Å²) in [6.07, 6.45) is -3.49. The van der Waals surface area contributed by atoms with Crippen LogP contribution >= 0.6 is 0 Å². The van der Waals surface area contributed by atoms with Crippen LogP contribution in [0.5, 0.6) is 0 Å². The van der Waals surface area contributed by atoms with Gasteiger partial charge in [-0.2, -0.15) is 13.2 Å². The van der Waals surface area contributed by atoms with Gasteiger partial charge in [0.2, 0.25) is 0 Å². The van der Waals surface area contributed by atoms with Gasteiger partial charge in [-0.05, 0) is 18.1 Å². The van der Waals surface area contributed by atoms with Crippen LogP contribution in [0.25, 0.3) is 0 Å². The lowest BCUT2D eigenvalue weighted by Gasteiger charge is -2.30. The molecule has 0 amide bonds. The summed E-state index contributed by atoms with van der Waals surface area (Å²) < 4.78 is 43.1. The van der Waals surface area contributed by atoms with Crippen LogP contribution in [-0.2, 0) is 11.3 Å². The number of nitrogens with zero attached hydrogens (tertiary/aromatic N) is 3. The van der Waals surface area contributed by atoms with E-state index in [4.69, 9.17) is 4.74 Å². The van der Waals surface area contributed by atoms with E-state index in [2.05, 4.69) is 32.7 Å². The van der Waals surface area contributed by atoms with Crippen molar-refractivity contribution in [1.29, 1.82) is 0 Å². The summed E-state index contributed by atoms with van der Waals surface area (Å²) in [5.74, 6) is 0.607. The molecule has 3 rings (SSSR count). The van der Waals surface area contributed by atoms with Crippen LogP contribution < -0.4 is 15.5 Å². The molecule has 1 unspecified atom stereocenters. The van der Waals surface area contributed by atoms with Crippen LogP contribution in [0.2, 0.25) is 0 Å². The fourth-order valence-corrected chi connectivity index (χ4v) is 3.69. The number of guanidine groups is 1. The van der Waals surface area contributed by atoms with E-state index >= 15 is 0 Å². The van der Waals surface area contributed by atoms with E-state index in [1.165, 1.54) is 10.6 Å². The highest BCUT2D eigenvalue weighted by Crippen LogP contribution is 2.22. The van der Waals surface area contributed by atoms with Crippen molar-refractivity contribution in [2.75, 3.05) is 57.9 Å². The molecule has 0 aliphatic carbocycles. The average molecular weight is 399 g/mol. The highest BCUT2D eigenvalue weighted by Gasteiger charge is 2.34. The predicted molar refractivity (Wildman–Crippen MR) is 104 cm³/mol. The molecule has 28 heavy (non-hydrogen) atoms. The maximum atomic E-state index is 12.6. The molecule has 0 bridgehead atoms. The molecule has 156 valence electrons. The summed E-state index contributed by atoms with van der Waals surface area (Å²) in [6, 6.07) is 8.16. The number of para-hydroxylation sites is 1. The number of rotatable bonds is 5. The molecule has 1 aromatic carbocycles. The first-order valence-electron chi connectivity index (χ1n) is 9.61. The van der Waals surface area contributed by atoms with Gasteiger partial charge in [-0.25, -0.2) is 0 Å². The summed E-state index contributed by atoms with van der Waals surface area (Å²) in [6.45, 7) is 3.71. The molecule has 0 saturated carbocycles. The number of alkyl halides is 3. The number of ether oxygens (including phenoxy) is 1. The number of hydrogen-bond acceptors (Lipinski definition) is 4. The smallest absolute Gasteiger partial charge is 0.378 e. The van der Waals surface area contributed by atoms with Crippen molar-refractivity contribution in [3.8, 4) is 0 Å². The largest absolute Gasteiger partial charge is 0.401 e. The Morgan fingerprint density at radius 2 is 1.96 bits per heavy atom. The van der Waals surface area contributed by atoms with Crippen LogP contribution in [0.4, 0.5) is 18.9 Å². The van der Waals surface area contributed by atoms with Crippen molar-refractivity contribution >= 4 is 11.6 Å². The lowest BCUT2D eigenvalue weighted by atomic mass is 10.1. The van der Waals surface area contributed by atoms with Crippen molar-refractivity contribution in [2.45, 2.75) is 25.2 Å². The van der Waals surface area contributed by atoms with Crippen molar-refractivity contribution < 1.29 is 17.9 Å². The molecule has 2 aliphatic rings. The van der Waals surface area contributed by atoms with Gasteiger partial charge in [0.15, 0.2) is 5.96 Å². The highest BCUT2D eigenvalue weighted by molar-refractivity contribution is 5.80. The fourth-order valence-electron chi connectivity index (χ4n) is 3.69. The molecule has 1 aromatic rings. The van der Waals surface area contributed by atoms with Crippen LogP contribution in [0.1, 0.15) is 12.0 Å². The maximum absolute atomic E-state index is 12.6. The van der Waals surface area contributed by atoms with Crippen molar-refractivity contribution in [1.82, 2.24) is 15.5 Å². The van der Waals surface area contributed by atoms with Gasteiger partial charge >= 0.3 is 6.18 Å². The molecule has 0 radical (unpaired) electrons. The minimum absolute atomic E-state index is 0.0389. The number of halogens is 3. The minimum Gasteiger partial charge on any atom is -0.378 e. The Hall–Kier alpha value is -2.00. The van der Waals surface area contributed by atoms with Gasteiger partial charge in [0.25, 0.3) is 0 Å². The molecule has 2 heterocycles. The normalized spacial score (nSPS) is 21.8. The van der Waals surface area contributed by atoms with E-state index in [1.807, 2.05) is 12.1 Å². The van der Waals surface area contributed by atoms with Crippen molar-refractivity contribution in [2.24, 2.45) is 4.99 Å². The van der Waals surface area contributed by atoms with E-state index in [9.17, 15) is 13.2 Å². The molecular formula is C19H28F3N5O. The molecule has 0 spiro atoms. The van der Waals surface area contributed by atoms with E-state index in [-0.39, 0.29) is 6.04 Å². The number of anilines is 1. The topological polar surface area (TPSA) is 52.1 Å². The number of hydrogen-bond donors (Lipinski definition) is 2. The number of nitrogens with one attached hydrogen (secondary N) is 2. The monoisotopic (exact) mass is 399 g/mol. The Kier molecular flexibility index (Phi) is 7.01. The summed E-state index contributed by atoms with van der Waals surface area (Å²) >= 11 is 0. The van der Waals surface area contributed by atoms with Crippen LogP contribution in [0, 0.1) is 0 Å². The van der Waals surface area contributed by atoms with Crippen molar-refractivity contribution in [3.05, 3.63) is 29.8 Å². The standard InChI is InChI=1S/C19H28F3N5O/c1-23-18(25-16-6-7-26(13-16)14-19(20,21)22)24-12-15-4-2-3-5-17(15)27-8-10-28-11-9-27/h2-5,16H,6-14H2,1H3,(H2,23,24,25). The molecule has 2 N–H and O–H groups in total. The van der Waals surface area contributed by atoms with E-state index in [0.717, 1.165) is 31.9 Å². The average Bonchev–Trinajstić information content (AvgIpc) is 3.11. The molecule has 9 heteroatoms. The third kappa shape index (κ3) is 6.00. The summed E-state index contributed by atoms with van der Waals surface area (Å²) in [5, 5.41) is 6.54. The Morgan fingerprint density at radius 3 is 2.68 bits per heavy atom. The molecular weight excluding hydrogens is 371 g/mol. The Labute approximate surface area is 163 Å². The van der Waals surface area contributed by atoms with Gasteiger partial charge in [-0.3, -0.25) is 9.89 Å². The summed E-state index contributed by atoms with van der Waals surface area (Å²) in [7, 11) is 1.67. The van der Waals surface area contributed by atoms with E-state index in [0.29, 0.717) is 32.0 Å². The summed E-state index contributed by atoms with van der Waals surface area (Å²) in [4.78, 5) is 7.97. The second-order valence-electron chi connectivity index (χ2n) is 7.13. The van der Waals surface area contributed by atoms with Gasteiger partial charge < -0.3 is 20.3 Å². The molecule has 2 fully saturated rings. The minimum atomic E-state index is -4.15.